The zero-order valence-corrected chi connectivity index (χ0v) is 20.9. The second kappa shape index (κ2) is 9.75. The van der Waals surface area contributed by atoms with Gasteiger partial charge in [-0.1, -0.05) is 23.4 Å². The van der Waals surface area contributed by atoms with E-state index in [9.17, 15) is 9.59 Å². The molecule has 0 bridgehead atoms. The Bertz CT molecular complexity index is 1310. The summed E-state index contributed by atoms with van der Waals surface area (Å²) in [5.74, 6) is -0.132. The lowest BCUT2D eigenvalue weighted by atomic mass is 9.77. The summed E-state index contributed by atoms with van der Waals surface area (Å²) in [6.45, 7) is 4.91. The van der Waals surface area contributed by atoms with E-state index in [1.54, 1.807) is 24.5 Å². The minimum Gasteiger partial charge on any atom is -0.481 e. The van der Waals surface area contributed by atoms with E-state index in [0.717, 1.165) is 44.8 Å². The molecule has 184 valence electrons. The molecule has 2 aliphatic rings. The SMILES string of the molecule is C[C@H]1CC2(CCN(c3cnc(Sc4ccc5ncn(CCC(=O)O)c(=O)c5c4Cl)cn3)CC2)CO1. The van der Waals surface area contributed by atoms with E-state index in [1.165, 1.54) is 22.7 Å². The van der Waals surface area contributed by atoms with Crippen LogP contribution in [0.3, 0.4) is 0 Å². The number of halogens is 1. The summed E-state index contributed by atoms with van der Waals surface area (Å²) in [5.41, 5.74) is 0.407. The molecule has 2 aromatic heterocycles. The number of rotatable bonds is 6. The van der Waals surface area contributed by atoms with Gasteiger partial charge in [0.1, 0.15) is 10.8 Å². The van der Waals surface area contributed by atoms with Crippen LogP contribution >= 0.6 is 23.4 Å². The van der Waals surface area contributed by atoms with Crippen molar-refractivity contribution in [2.24, 2.45) is 5.41 Å². The van der Waals surface area contributed by atoms with Crippen LogP contribution in [0.2, 0.25) is 5.02 Å². The fourth-order valence-electron chi connectivity index (χ4n) is 4.88. The molecule has 2 fully saturated rings. The first-order valence-corrected chi connectivity index (χ1v) is 12.8. The van der Waals surface area contributed by atoms with Gasteiger partial charge in [-0.3, -0.25) is 14.2 Å². The van der Waals surface area contributed by atoms with Crippen LogP contribution in [0.25, 0.3) is 10.9 Å². The number of piperidine rings is 1. The molecule has 1 N–H and O–H groups in total. The predicted molar refractivity (Wildman–Crippen MR) is 133 cm³/mol. The van der Waals surface area contributed by atoms with Crippen molar-refractivity contribution < 1.29 is 14.6 Å². The standard InChI is InChI=1S/C24H26ClN5O4S/c1-15-10-24(13-34-15)5-8-29(9-6-24)18-11-27-19(12-26-18)35-17-3-2-16-21(22(17)25)23(33)30(14-28-16)7-4-20(31)32/h2-3,11-12,14-15H,4-10,13H2,1H3,(H,31,32)/t15-/m0/s1. The smallest absolute Gasteiger partial charge is 0.305 e. The molecule has 0 unspecified atom stereocenters. The summed E-state index contributed by atoms with van der Waals surface area (Å²) in [7, 11) is 0. The van der Waals surface area contributed by atoms with E-state index in [-0.39, 0.29) is 28.9 Å². The third-order valence-electron chi connectivity index (χ3n) is 6.83. The highest BCUT2D eigenvalue weighted by Crippen LogP contribution is 2.42. The van der Waals surface area contributed by atoms with Crippen molar-refractivity contribution in [2.45, 2.75) is 55.2 Å². The number of anilines is 1. The summed E-state index contributed by atoms with van der Waals surface area (Å²) >= 11 is 7.92. The number of carboxylic acids is 1. The van der Waals surface area contributed by atoms with E-state index in [4.69, 9.17) is 21.4 Å². The topological polar surface area (TPSA) is 110 Å². The van der Waals surface area contributed by atoms with Crippen molar-refractivity contribution in [2.75, 3.05) is 24.6 Å². The summed E-state index contributed by atoms with van der Waals surface area (Å²) < 4.78 is 7.09. The number of hydrogen-bond donors (Lipinski definition) is 1. The van der Waals surface area contributed by atoms with Gasteiger partial charge < -0.3 is 14.7 Å². The summed E-state index contributed by atoms with van der Waals surface area (Å²) in [6.07, 6.45) is 8.36. The fraction of sp³-hybridized carbons (Fsp3) is 0.458. The average Bonchev–Trinajstić information content (AvgIpc) is 3.21. The van der Waals surface area contributed by atoms with Gasteiger partial charge in [-0.2, -0.15) is 0 Å². The van der Waals surface area contributed by atoms with Crippen LogP contribution in [0.15, 0.2) is 45.6 Å². The number of aromatic nitrogens is 4. The molecular formula is C24H26ClN5O4S. The number of aliphatic carboxylic acids is 1. The van der Waals surface area contributed by atoms with Gasteiger partial charge in [0.25, 0.3) is 5.56 Å². The van der Waals surface area contributed by atoms with Crippen molar-refractivity contribution >= 4 is 46.1 Å². The molecule has 0 saturated carbocycles. The van der Waals surface area contributed by atoms with Crippen LogP contribution < -0.4 is 10.5 Å². The van der Waals surface area contributed by atoms with E-state index >= 15 is 0 Å². The van der Waals surface area contributed by atoms with Gasteiger partial charge in [-0.05, 0) is 43.7 Å². The van der Waals surface area contributed by atoms with Crippen LogP contribution in [0.1, 0.15) is 32.6 Å². The normalized spacial score (nSPS) is 19.5. The fourth-order valence-corrected chi connectivity index (χ4v) is 6.00. The number of ether oxygens (including phenoxy) is 1. The van der Waals surface area contributed by atoms with E-state index in [0.29, 0.717) is 27.0 Å². The maximum atomic E-state index is 12.9. The lowest BCUT2D eigenvalue weighted by Gasteiger charge is -2.38. The van der Waals surface area contributed by atoms with Crippen molar-refractivity contribution in [1.82, 2.24) is 19.5 Å². The summed E-state index contributed by atoms with van der Waals surface area (Å²) in [4.78, 5) is 40.2. The van der Waals surface area contributed by atoms with Crippen molar-refractivity contribution in [3.63, 3.8) is 0 Å². The number of nitrogens with zero attached hydrogens (tertiary/aromatic N) is 5. The van der Waals surface area contributed by atoms with Crippen LogP contribution in [-0.2, 0) is 16.1 Å². The molecule has 1 atom stereocenters. The molecule has 4 heterocycles. The van der Waals surface area contributed by atoms with Gasteiger partial charge in [0.15, 0.2) is 0 Å². The molecule has 0 aliphatic carbocycles. The molecule has 0 amide bonds. The Balaban J connectivity index is 1.30. The van der Waals surface area contributed by atoms with Crippen LogP contribution in [0, 0.1) is 5.41 Å². The maximum absolute atomic E-state index is 12.9. The minimum absolute atomic E-state index is 0.0292. The van der Waals surface area contributed by atoms with E-state index in [2.05, 4.69) is 26.8 Å². The quantitative estimate of drug-likeness (QED) is 0.523. The molecule has 2 aliphatic heterocycles. The maximum Gasteiger partial charge on any atom is 0.305 e. The van der Waals surface area contributed by atoms with Gasteiger partial charge in [0.05, 0.1) is 53.8 Å². The zero-order valence-electron chi connectivity index (χ0n) is 19.3. The third kappa shape index (κ3) is 5.00. The first-order valence-electron chi connectivity index (χ1n) is 11.6. The number of carbonyl (C=O) groups is 1. The highest BCUT2D eigenvalue weighted by Gasteiger charge is 2.41. The Morgan fingerprint density at radius 3 is 2.71 bits per heavy atom. The monoisotopic (exact) mass is 515 g/mol. The van der Waals surface area contributed by atoms with E-state index < -0.39 is 5.97 Å². The minimum atomic E-state index is -0.986. The molecular weight excluding hydrogens is 490 g/mol. The van der Waals surface area contributed by atoms with Crippen molar-refractivity contribution in [3.05, 3.63) is 46.2 Å². The molecule has 35 heavy (non-hydrogen) atoms. The second-order valence-electron chi connectivity index (χ2n) is 9.29. The zero-order chi connectivity index (χ0) is 24.6. The Morgan fingerprint density at radius 2 is 2.06 bits per heavy atom. The average molecular weight is 516 g/mol. The molecule has 5 rings (SSSR count). The molecule has 9 nitrogen and oxygen atoms in total. The lowest BCUT2D eigenvalue weighted by Crippen LogP contribution is -2.41. The predicted octanol–water partition coefficient (Wildman–Crippen LogP) is 3.86. The van der Waals surface area contributed by atoms with Gasteiger partial charge in [0, 0.05) is 24.5 Å². The van der Waals surface area contributed by atoms with Gasteiger partial charge in [-0.25, -0.2) is 15.0 Å². The van der Waals surface area contributed by atoms with Crippen LogP contribution in [0.4, 0.5) is 5.82 Å². The first kappa shape index (κ1) is 24.0. The largest absolute Gasteiger partial charge is 0.481 e. The number of fused-ring (bicyclic) bond motifs is 1. The second-order valence-corrected chi connectivity index (χ2v) is 10.7. The van der Waals surface area contributed by atoms with Gasteiger partial charge in [-0.15, -0.1) is 0 Å². The summed E-state index contributed by atoms with van der Waals surface area (Å²) in [6, 6.07) is 3.53. The lowest BCUT2D eigenvalue weighted by molar-refractivity contribution is -0.137. The third-order valence-corrected chi connectivity index (χ3v) is 8.32. The molecule has 2 saturated heterocycles. The molecule has 0 radical (unpaired) electrons. The number of benzene rings is 1. The number of hydrogen-bond acceptors (Lipinski definition) is 8. The Kier molecular flexibility index (Phi) is 6.69. The van der Waals surface area contributed by atoms with Crippen LogP contribution in [-0.4, -0.2) is 56.4 Å². The van der Waals surface area contributed by atoms with Gasteiger partial charge >= 0.3 is 5.97 Å². The Morgan fingerprint density at radius 1 is 1.26 bits per heavy atom. The Hall–Kier alpha value is -2.69. The first-order chi connectivity index (χ1) is 16.8. The van der Waals surface area contributed by atoms with Gasteiger partial charge in [0.2, 0.25) is 0 Å². The molecule has 3 aromatic rings. The van der Waals surface area contributed by atoms with Crippen molar-refractivity contribution in [1.29, 1.82) is 0 Å². The van der Waals surface area contributed by atoms with Crippen LogP contribution in [0.5, 0.6) is 0 Å². The highest BCUT2D eigenvalue weighted by atomic mass is 35.5. The summed E-state index contributed by atoms with van der Waals surface area (Å²) in [5, 5.41) is 10.1. The number of aryl methyl sites for hydroxylation is 1. The van der Waals surface area contributed by atoms with Crippen molar-refractivity contribution in [3.8, 4) is 0 Å². The molecule has 11 heteroatoms. The highest BCUT2D eigenvalue weighted by molar-refractivity contribution is 7.99. The molecule has 1 spiro atoms. The van der Waals surface area contributed by atoms with E-state index in [1.807, 2.05) is 0 Å². The number of carboxylic acid groups (broad SMARTS) is 1. The Labute approximate surface area is 211 Å². The molecule has 1 aromatic carbocycles.